The van der Waals surface area contributed by atoms with Crippen LogP contribution in [-0.4, -0.2) is 23.3 Å². The van der Waals surface area contributed by atoms with E-state index in [4.69, 9.17) is 0 Å². The number of nitrogens with zero attached hydrogens (tertiary/aromatic N) is 1. The SMILES string of the molecule is CC(C)c1ccccc1N1C2CCC1CC(O)C2. The summed E-state index contributed by atoms with van der Waals surface area (Å²) in [5, 5.41) is 9.91. The van der Waals surface area contributed by atoms with Crippen molar-refractivity contribution in [3.8, 4) is 0 Å². The maximum Gasteiger partial charge on any atom is 0.0579 e. The molecule has 2 atom stereocenters. The van der Waals surface area contributed by atoms with Gasteiger partial charge < -0.3 is 10.0 Å². The van der Waals surface area contributed by atoms with Crippen molar-refractivity contribution in [2.45, 2.75) is 63.6 Å². The van der Waals surface area contributed by atoms with Crippen molar-refractivity contribution in [2.24, 2.45) is 0 Å². The molecule has 2 unspecified atom stereocenters. The van der Waals surface area contributed by atoms with Gasteiger partial charge in [-0.3, -0.25) is 0 Å². The Morgan fingerprint density at radius 2 is 1.72 bits per heavy atom. The molecule has 2 bridgehead atoms. The van der Waals surface area contributed by atoms with Crippen LogP contribution in [0.5, 0.6) is 0 Å². The van der Waals surface area contributed by atoms with E-state index in [2.05, 4.69) is 43.0 Å². The second-order valence-corrected chi connectivity index (χ2v) is 6.13. The number of hydrogen-bond donors (Lipinski definition) is 1. The Bertz CT molecular complexity index is 415. The molecule has 3 rings (SSSR count). The molecule has 2 heterocycles. The van der Waals surface area contributed by atoms with Crippen molar-refractivity contribution in [2.75, 3.05) is 4.90 Å². The third-order valence-electron chi connectivity index (χ3n) is 4.55. The molecule has 1 aromatic rings. The third kappa shape index (κ3) is 1.93. The molecule has 2 heteroatoms. The molecule has 1 N–H and O–H groups in total. The number of piperidine rings is 1. The van der Waals surface area contributed by atoms with Gasteiger partial charge in [-0.15, -0.1) is 0 Å². The summed E-state index contributed by atoms with van der Waals surface area (Å²) in [6.45, 7) is 4.53. The zero-order valence-corrected chi connectivity index (χ0v) is 11.3. The van der Waals surface area contributed by atoms with Gasteiger partial charge >= 0.3 is 0 Å². The molecule has 2 saturated heterocycles. The zero-order chi connectivity index (χ0) is 12.7. The van der Waals surface area contributed by atoms with Gasteiger partial charge in [0.15, 0.2) is 0 Å². The molecule has 0 radical (unpaired) electrons. The summed E-state index contributed by atoms with van der Waals surface area (Å²) in [5.74, 6) is 0.562. The summed E-state index contributed by atoms with van der Waals surface area (Å²) < 4.78 is 0. The molecule has 2 fully saturated rings. The van der Waals surface area contributed by atoms with Gasteiger partial charge in [0.1, 0.15) is 0 Å². The van der Waals surface area contributed by atoms with Gasteiger partial charge in [0.25, 0.3) is 0 Å². The molecule has 2 aliphatic rings. The summed E-state index contributed by atoms with van der Waals surface area (Å²) in [6.07, 6.45) is 4.30. The van der Waals surface area contributed by atoms with Gasteiger partial charge in [0.2, 0.25) is 0 Å². The normalized spacial score (nSPS) is 31.1. The van der Waals surface area contributed by atoms with E-state index in [9.17, 15) is 5.11 Å². The van der Waals surface area contributed by atoms with Crippen molar-refractivity contribution < 1.29 is 5.11 Å². The summed E-state index contributed by atoms with van der Waals surface area (Å²) in [4.78, 5) is 2.60. The van der Waals surface area contributed by atoms with Gasteiger partial charge in [-0.05, 0) is 43.2 Å². The standard InChI is InChI=1S/C16H23NO/c1-11(2)15-5-3-4-6-16(15)17-12-7-8-13(17)10-14(18)9-12/h3-6,11-14,18H,7-10H2,1-2H3. The minimum absolute atomic E-state index is 0.0787. The fourth-order valence-corrected chi connectivity index (χ4v) is 3.75. The molecule has 0 amide bonds. The monoisotopic (exact) mass is 245 g/mol. The van der Waals surface area contributed by atoms with Crippen molar-refractivity contribution >= 4 is 5.69 Å². The number of para-hydroxylation sites is 1. The van der Waals surface area contributed by atoms with Crippen LogP contribution in [0.25, 0.3) is 0 Å². The highest BCUT2D eigenvalue weighted by Gasteiger charge is 2.40. The minimum atomic E-state index is -0.0787. The van der Waals surface area contributed by atoms with Crippen molar-refractivity contribution in [3.05, 3.63) is 29.8 Å². The highest BCUT2D eigenvalue weighted by Crippen LogP contribution is 2.41. The highest BCUT2D eigenvalue weighted by molar-refractivity contribution is 5.58. The smallest absolute Gasteiger partial charge is 0.0579 e. The van der Waals surface area contributed by atoms with Crippen molar-refractivity contribution in [1.29, 1.82) is 0 Å². The fourth-order valence-electron chi connectivity index (χ4n) is 3.75. The third-order valence-corrected chi connectivity index (χ3v) is 4.55. The van der Waals surface area contributed by atoms with Crippen molar-refractivity contribution in [1.82, 2.24) is 0 Å². The van der Waals surface area contributed by atoms with Crippen LogP contribution < -0.4 is 4.90 Å². The van der Waals surface area contributed by atoms with Gasteiger partial charge in [0.05, 0.1) is 6.10 Å². The number of aliphatic hydroxyl groups is 1. The quantitative estimate of drug-likeness (QED) is 0.864. The first-order chi connectivity index (χ1) is 8.66. The van der Waals surface area contributed by atoms with E-state index in [0.29, 0.717) is 18.0 Å². The van der Waals surface area contributed by atoms with Gasteiger partial charge in [0, 0.05) is 17.8 Å². The Kier molecular flexibility index (Phi) is 3.06. The zero-order valence-electron chi connectivity index (χ0n) is 11.3. The van der Waals surface area contributed by atoms with E-state index in [1.807, 2.05) is 0 Å². The van der Waals surface area contributed by atoms with Gasteiger partial charge in [-0.25, -0.2) is 0 Å². The second kappa shape index (κ2) is 4.58. The minimum Gasteiger partial charge on any atom is -0.393 e. The first-order valence-electron chi connectivity index (χ1n) is 7.22. The Morgan fingerprint density at radius 1 is 1.11 bits per heavy atom. The maximum atomic E-state index is 9.91. The topological polar surface area (TPSA) is 23.5 Å². The van der Waals surface area contributed by atoms with Crippen LogP contribution in [0.3, 0.4) is 0 Å². The van der Waals surface area contributed by atoms with E-state index in [-0.39, 0.29) is 6.10 Å². The first-order valence-corrected chi connectivity index (χ1v) is 7.22. The molecule has 0 aliphatic carbocycles. The Balaban J connectivity index is 1.96. The lowest BCUT2D eigenvalue weighted by Gasteiger charge is -2.40. The van der Waals surface area contributed by atoms with Crippen LogP contribution in [0.4, 0.5) is 5.69 Å². The number of benzene rings is 1. The van der Waals surface area contributed by atoms with E-state index in [0.717, 1.165) is 12.8 Å². The van der Waals surface area contributed by atoms with E-state index < -0.39 is 0 Å². The van der Waals surface area contributed by atoms with Crippen LogP contribution >= 0.6 is 0 Å². The molecule has 2 aliphatic heterocycles. The summed E-state index contributed by atoms with van der Waals surface area (Å²) >= 11 is 0. The number of fused-ring (bicyclic) bond motifs is 2. The lowest BCUT2D eigenvalue weighted by Crippen LogP contribution is -2.45. The second-order valence-electron chi connectivity index (χ2n) is 6.13. The van der Waals surface area contributed by atoms with Crippen LogP contribution in [0.2, 0.25) is 0 Å². The van der Waals surface area contributed by atoms with Gasteiger partial charge in [-0.1, -0.05) is 32.0 Å². The Labute approximate surface area is 110 Å². The lowest BCUT2D eigenvalue weighted by molar-refractivity contribution is 0.126. The number of rotatable bonds is 2. The van der Waals surface area contributed by atoms with Gasteiger partial charge in [-0.2, -0.15) is 0 Å². The molecular weight excluding hydrogens is 222 g/mol. The fraction of sp³-hybridized carbons (Fsp3) is 0.625. The summed E-state index contributed by atoms with van der Waals surface area (Å²) in [5.41, 5.74) is 2.86. The van der Waals surface area contributed by atoms with E-state index >= 15 is 0 Å². The molecule has 0 aromatic heterocycles. The van der Waals surface area contributed by atoms with Crippen LogP contribution in [0, 0.1) is 0 Å². The predicted molar refractivity (Wildman–Crippen MR) is 75.1 cm³/mol. The summed E-state index contributed by atoms with van der Waals surface area (Å²) in [6, 6.07) is 9.91. The van der Waals surface area contributed by atoms with Crippen LogP contribution in [-0.2, 0) is 0 Å². The van der Waals surface area contributed by atoms with E-state index in [1.165, 1.54) is 24.1 Å². The van der Waals surface area contributed by atoms with Crippen LogP contribution in [0.15, 0.2) is 24.3 Å². The maximum absolute atomic E-state index is 9.91. The Hall–Kier alpha value is -1.02. The highest BCUT2D eigenvalue weighted by atomic mass is 16.3. The molecule has 98 valence electrons. The molecule has 0 saturated carbocycles. The first kappa shape index (κ1) is 12.0. The molecule has 0 spiro atoms. The Morgan fingerprint density at radius 3 is 2.33 bits per heavy atom. The van der Waals surface area contributed by atoms with Crippen molar-refractivity contribution in [3.63, 3.8) is 0 Å². The van der Waals surface area contributed by atoms with E-state index in [1.54, 1.807) is 0 Å². The molecule has 18 heavy (non-hydrogen) atoms. The summed E-state index contributed by atoms with van der Waals surface area (Å²) in [7, 11) is 0. The average Bonchev–Trinajstić information content (AvgIpc) is 2.61. The van der Waals surface area contributed by atoms with Crippen LogP contribution in [0.1, 0.15) is 51.0 Å². The molecule has 1 aromatic carbocycles. The molecular formula is C16H23NO. The number of aliphatic hydroxyl groups excluding tert-OH is 1. The largest absolute Gasteiger partial charge is 0.393 e. The number of hydrogen-bond acceptors (Lipinski definition) is 2. The number of anilines is 1. The predicted octanol–water partition coefficient (Wildman–Crippen LogP) is 3.30. The molecule has 2 nitrogen and oxygen atoms in total. The lowest BCUT2D eigenvalue weighted by atomic mass is 9.95. The average molecular weight is 245 g/mol.